The van der Waals surface area contributed by atoms with Gasteiger partial charge in [0.15, 0.2) is 0 Å². The van der Waals surface area contributed by atoms with Gasteiger partial charge in [-0.1, -0.05) is 18.9 Å². The van der Waals surface area contributed by atoms with Gasteiger partial charge >= 0.3 is 0 Å². The molecule has 1 aliphatic rings. The highest BCUT2D eigenvalue weighted by Crippen LogP contribution is 2.22. The van der Waals surface area contributed by atoms with Gasteiger partial charge in [-0.05, 0) is 60.7 Å². The molecule has 1 aliphatic heterocycles. The van der Waals surface area contributed by atoms with Crippen molar-refractivity contribution in [3.63, 3.8) is 0 Å². The lowest BCUT2D eigenvalue weighted by Crippen LogP contribution is -2.32. The summed E-state index contributed by atoms with van der Waals surface area (Å²) in [4.78, 5) is 18.5. The number of hydrogen-bond donors (Lipinski definition) is 1. The molecule has 0 bridgehead atoms. The quantitative estimate of drug-likeness (QED) is 0.530. The first-order chi connectivity index (χ1) is 14.8. The molecule has 2 aromatic heterocycles. The zero-order valence-corrected chi connectivity index (χ0v) is 18.1. The number of nitrogens with one attached hydrogen (secondary N) is 1. The summed E-state index contributed by atoms with van der Waals surface area (Å²) in [5.74, 6) is 0.849. The minimum Gasteiger partial charge on any atom is -0.468 e. The van der Waals surface area contributed by atoms with Gasteiger partial charge < -0.3 is 14.6 Å². The largest absolute Gasteiger partial charge is 0.468 e. The zero-order chi connectivity index (χ0) is 20.6. The van der Waals surface area contributed by atoms with E-state index in [1.165, 1.54) is 36.2 Å². The maximum atomic E-state index is 12.7. The number of anilines is 2. The molecule has 0 saturated carbocycles. The van der Waals surface area contributed by atoms with Gasteiger partial charge in [0.25, 0.3) is 0 Å². The van der Waals surface area contributed by atoms with E-state index in [1.807, 2.05) is 30.3 Å². The number of benzene rings is 1. The molecule has 3 aromatic rings. The van der Waals surface area contributed by atoms with E-state index in [4.69, 9.17) is 4.42 Å². The number of hydrogen-bond acceptors (Lipinski definition) is 5. The topological polar surface area (TPSA) is 48.7 Å². The second kappa shape index (κ2) is 10.5. The highest BCUT2D eigenvalue weighted by molar-refractivity contribution is 7.09. The van der Waals surface area contributed by atoms with Crippen molar-refractivity contribution in [3.8, 4) is 0 Å². The van der Waals surface area contributed by atoms with Crippen LogP contribution in [0, 0.1) is 0 Å². The first kappa shape index (κ1) is 20.7. The summed E-state index contributed by atoms with van der Waals surface area (Å²) >= 11 is 1.70. The van der Waals surface area contributed by atoms with Crippen molar-refractivity contribution in [2.75, 3.05) is 29.9 Å². The van der Waals surface area contributed by atoms with Crippen LogP contribution in [0.4, 0.5) is 11.4 Å². The van der Waals surface area contributed by atoms with Crippen LogP contribution in [0.2, 0.25) is 0 Å². The molecule has 0 atom stereocenters. The summed E-state index contributed by atoms with van der Waals surface area (Å²) in [7, 11) is 0. The van der Waals surface area contributed by atoms with E-state index in [0.717, 1.165) is 31.1 Å². The fourth-order valence-corrected chi connectivity index (χ4v) is 4.65. The standard InChI is InChI=1S/C24H29N3O2S/c28-24(19-26(17-22-7-5-15-29-22)18-23-8-6-16-30-23)25-20-9-11-21(12-10-20)27-13-3-1-2-4-14-27/h5-12,15-16H,1-4,13-14,17-19H2,(H,25,28). The third kappa shape index (κ3) is 5.97. The summed E-state index contributed by atoms with van der Waals surface area (Å²) in [5, 5.41) is 5.11. The van der Waals surface area contributed by atoms with E-state index in [1.54, 1.807) is 17.6 Å². The van der Waals surface area contributed by atoms with E-state index in [2.05, 4.69) is 38.7 Å². The first-order valence-electron chi connectivity index (χ1n) is 10.7. The summed E-state index contributed by atoms with van der Waals surface area (Å²) in [6.45, 7) is 3.88. The Morgan fingerprint density at radius 1 is 1.00 bits per heavy atom. The number of amides is 1. The highest BCUT2D eigenvalue weighted by Gasteiger charge is 2.15. The molecule has 0 radical (unpaired) electrons. The third-order valence-corrected chi connectivity index (χ3v) is 6.27. The van der Waals surface area contributed by atoms with Gasteiger partial charge in [-0.25, -0.2) is 0 Å². The normalized spacial score (nSPS) is 14.6. The van der Waals surface area contributed by atoms with E-state index in [-0.39, 0.29) is 5.91 Å². The molecule has 6 heteroatoms. The first-order valence-corrected chi connectivity index (χ1v) is 11.6. The lowest BCUT2D eigenvalue weighted by atomic mass is 10.2. The molecule has 0 aliphatic carbocycles. The summed E-state index contributed by atoms with van der Waals surface area (Å²) in [5.41, 5.74) is 2.08. The third-order valence-electron chi connectivity index (χ3n) is 5.41. The van der Waals surface area contributed by atoms with Crippen LogP contribution in [0.3, 0.4) is 0 Å². The van der Waals surface area contributed by atoms with Gasteiger partial charge in [-0.3, -0.25) is 9.69 Å². The number of thiophene rings is 1. The van der Waals surface area contributed by atoms with Crippen LogP contribution in [0.5, 0.6) is 0 Å². The molecular formula is C24H29N3O2S. The lowest BCUT2D eigenvalue weighted by Gasteiger charge is -2.23. The smallest absolute Gasteiger partial charge is 0.238 e. The molecular weight excluding hydrogens is 394 g/mol. The molecule has 0 spiro atoms. The summed E-state index contributed by atoms with van der Waals surface area (Å²) in [6, 6.07) is 16.2. The number of furan rings is 1. The fraction of sp³-hybridized carbons (Fsp3) is 0.375. The van der Waals surface area contributed by atoms with Crippen molar-refractivity contribution in [1.29, 1.82) is 0 Å². The van der Waals surface area contributed by atoms with Gasteiger partial charge in [0.1, 0.15) is 5.76 Å². The molecule has 1 amide bonds. The number of carbonyl (C=O) groups excluding carboxylic acids is 1. The average molecular weight is 424 g/mol. The van der Waals surface area contributed by atoms with E-state index >= 15 is 0 Å². The van der Waals surface area contributed by atoms with Gasteiger partial charge in [0, 0.05) is 35.9 Å². The molecule has 30 heavy (non-hydrogen) atoms. The Kier molecular flexibility index (Phi) is 7.21. The molecule has 1 fully saturated rings. The van der Waals surface area contributed by atoms with Gasteiger partial charge in [0.05, 0.1) is 19.4 Å². The van der Waals surface area contributed by atoms with E-state index < -0.39 is 0 Å². The molecule has 1 aromatic carbocycles. The van der Waals surface area contributed by atoms with Crippen LogP contribution in [-0.2, 0) is 17.9 Å². The molecule has 1 saturated heterocycles. The van der Waals surface area contributed by atoms with Gasteiger partial charge in [-0.2, -0.15) is 0 Å². The minimum atomic E-state index is -0.0133. The molecule has 158 valence electrons. The van der Waals surface area contributed by atoms with Gasteiger partial charge in [-0.15, -0.1) is 11.3 Å². The maximum Gasteiger partial charge on any atom is 0.238 e. The van der Waals surface area contributed by atoms with Crippen molar-refractivity contribution >= 4 is 28.6 Å². The van der Waals surface area contributed by atoms with Crippen molar-refractivity contribution in [1.82, 2.24) is 4.90 Å². The number of nitrogens with zero attached hydrogens (tertiary/aromatic N) is 2. The Hall–Kier alpha value is -2.57. The Morgan fingerprint density at radius 3 is 2.47 bits per heavy atom. The number of carbonyl (C=O) groups is 1. The van der Waals surface area contributed by atoms with Crippen LogP contribution >= 0.6 is 11.3 Å². The zero-order valence-electron chi connectivity index (χ0n) is 17.3. The van der Waals surface area contributed by atoms with Crippen LogP contribution in [-0.4, -0.2) is 30.4 Å². The minimum absolute atomic E-state index is 0.0133. The van der Waals surface area contributed by atoms with Crippen molar-refractivity contribution < 1.29 is 9.21 Å². The molecule has 0 unspecified atom stereocenters. The monoisotopic (exact) mass is 423 g/mol. The fourth-order valence-electron chi connectivity index (χ4n) is 3.90. The highest BCUT2D eigenvalue weighted by atomic mass is 32.1. The molecule has 5 nitrogen and oxygen atoms in total. The average Bonchev–Trinajstić information content (AvgIpc) is 3.38. The van der Waals surface area contributed by atoms with E-state index in [0.29, 0.717) is 13.1 Å². The second-order valence-corrected chi connectivity index (χ2v) is 8.83. The van der Waals surface area contributed by atoms with Crippen LogP contribution in [0.15, 0.2) is 64.6 Å². The lowest BCUT2D eigenvalue weighted by molar-refractivity contribution is -0.117. The predicted molar refractivity (Wildman–Crippen MR) is 123 cm³/mol. The second-order valence-electron chi connectivity index (χ2n) is 7.80. The SMILES string of the molecule is O=C(CN(Cc1ccco1)Cc1cccs1)Nc1ccc(N2CCCCCC2)cc1. The van der Waals surface area contributed by atoms with Crippen LogP contribution in [0.25, 0.3) is 0 Å². The molecule has 3 heterocycles. The van der Waals surface area contributed by atoms with Crippen molar-refractivity contribution in [2.45, 2.75) is 38.8 Å². The van der Waals surface area contributed by atoms with Crippen molar-refractivity contribution in [3.05, 3.63) is 70.8 Å². The predicted octanol–water partition coefficient (Wildman–Crippen LogP) is 5.36. The Bertz CT molecular complexity index is 847. The van der Waals surface area contributed by atoms with Gasteiger partial charge in [0.2, 0.25) is 5.91 Å². The molecule has 1 N–H and O–H groups in total. The van der Waals surface area contributed by atoms with Crippen molar-refractivity contribution in [2.24, 2.45) is 0 Å². The molecule has 4 rings (SSSR count). The Labute approximate surface area is 182 Å². The Morgan fingerprint density at radius 2 is 1.80 bits per heavy atom. The number of rotatable bonds is 8. The van der Waals surface area contributed by atoms with Crippen LogP contribution < -0.4 is 10.2 Å². The summed E-state index contributed by atoms with van der Waals surface area (Å²) in [6.07, 6.45) is 6.84. The summed E-state index contributed by atoms with van der Waals surface area (Å²) < 4.78 is 5.49. The Balaban J connectivity index is 1.35. The van der Waals surface area contributed by atoms with E-state index in [9.17, 15) is 4.79 Å². The van der Waals surface area contributed by atoms with Crippen LogP contribution in [0.1, 0.15) is 36.3 Å². The maximum absolute atomic E-state index is 12.7.